The third-order valence-corrected chi connectivity index (χ3v) is 4.10. The van der Waals surface area contributed by atoms with Crippen LogP contribution in [-0.4, -0.2) is 34.3 Å². The Hall–Kier alpha value is -2.89. The van der Waals surface area contributed by atoms with Crippen LogP contribution in [0.15, 0.2) is 36.4 Å². The molecule has 1 aromatic carbocycles. The Morgan fingerprint density at radius 3 is 2.62 bits per heavy atom. The van der Waals surface area contributed by atoms with Gasteiger partial charge in [0.05, 0.1) is 11.4 Å². The molecule has 0 unspecified atom stereocenters. The zero-order valence-electron chi connectivity index (χ0n) is 15.7. The van der Waals surface area contributed by atoms with Gasteiger partial charge in [-0.25, -0.2) is 9.48 Å². The summed E-state index contributed by atoms with van der Waals surface area (Å²) in [4.78, 5) is 23.5. The SMILES string of the molecule is CC[C@H](C)NC(=O)COC(=O)/C=C/c1c(C)nn(-c2ccccc2)c1C. The number of aryl methyl sites for hydroxylation is 1. The highest BCUT2D eigenvalue weighted by Gasteiger charge is 2.12. The predicted molar refractivity (Wildman–Crippen MR) is 101 cm³/mol. The van der Waals surface area contributed by atoms with Crippen LogP contribution in [-0.2, 0) is 14.3 Å². The van der Waals surface area contributed by atoms with Gasteiger partial charge in [0.25, 0.3) is 5.91 Å². The second kappa shape index (κ2) is 8.99. The second-order valence-electron chi connectivity index (χ2n) is 6.15. The maximum absolute atomic E-state index is 11.9. The Kier molecular flexibility index (Phi) is 6.72. The number of nitrogens with one attached hydrogen (secondary N) is 1. The Bertz CT molecular complexity index is 794. The van der Waals surface area contributed by atoms with Gasteiger partial charge in [-0.05, 0) is 45.4 Å². The lowest BCUT2D eigenvalue weighted by Gasteiger charge is -2.10. The molecule has 0 saturated heterocycles. The minimum absolute atomic E-state index is 0.0610. The lowest BCUT2D eigenvalue weighted by molar-refractivity contribution is -0.144. The van der Waals surface area contributed by atoms with Crippen molar-refractivity contribution in [2.45, 2.75) is 40.2 Å². The highest BCUT2D eigenvalue weighted by Crippen LogP contribution is 2.19. The second-order valence-corrected chi connectivity index (χ2v) is 6.15. The minimum Gasteiger partial charge on any atom is -0.452 e. The fraction of sp³-hybridized carbons (Fsp3) is 0.350. The van der Waals surface area contributed by atoms with Crippen molar-refractivity contribution < 1.29 is 14.3 Å². The molecule has 1 aromatic heterocycles. The summed E-state index contributed by atoms with van der Waals surface area (Å²) in [6.07, 6.45) is 3.82. The fourth-order valence-corrected chi connectivity index (χ4v) is 2.47. The van der Waals surface area contributed by atoms with Crippen molar-refractivity contribution in [1.82, 2.24) is 15.1 Å². The van der Waals surface area contributed by atoms with Crippen LogP contribution in [0.3, 0.4) is 0 Å². The molecule has 2 aromatic rings. The van der Waals surface area contributed by atoms with Gasteiger partial charge in [-0.1, -0.05) is 25.1 Å². The molecule has 1 amide bonds. The molecule has 138 valence electrons. The number of para-hydroxylation sites is 1. The molecule has 0 fully saturated rings. The Morgan fingerprint density at radius 2 is 1.96 bits per heavy atom. The van der Waals surface area contributed by atoms with Gasteiger partial charge in [0, 0.05) is 23.4 Å². The average molecular weight is 355 g/mol. The van der Waals surface area contributed by atoms with Crippen molar-refractivity contribution in [2.24, 2.45) is 0 Å². The van der Waals surface area contributed by atoms with Crippen LogP contribution < -0.4 is 5.32 Å². The number of nitrogens with zero attached hydrogens (tertiary/aromatic N) is 2. The molecular weight excluding hydrogens is 330 g/mol. The van der Waals surface area contributed by atoms with Crippen molar-refractivity contribution in [3.05, 3.63) is 53.4 Å². The molecule has 0 spiro atoms. The van der Waals surface area contributed by atoms with Crippen LogP contribution in [0.2, 0.25) is 0 Å². The van der Waals surface area contributed by atoms with Gasteiger partial charge in [-0.2, -0.15) is 5.10 Å². The average Bonchev–Trinajstić information content (AvgIpc) is 2.92. The lowest BCUT2D eigenvalue weighted by atomic mass is 10.2. The molecule has 0 saturated carbocycles. The number of rotatable bonds is 7. The van der Waals surface area contributed by atoms with Crippen LogP contribution >= 0.6 is 0 Å². The van der Waals surface area contributed by atoms with E-state index in [1.165, 1.54) is 6.08 Å². The third kappa shape index (κ3) is 5.05. The normalized spacial score (nSPS) is 12.2. The van der Waals surface area contributed by atoms with Crippen molar-refractivity contribution in [3.63, 3.8) is 0 Å². The summed E-state index contributed by atoms with van der Waals surface area (Å²) in [5, 5.41) is 7.27. The molecule has 0 aliphatic carbocycles. The number of hydrogen-bond donors (Lipinski definition) is 1. The smallest absolute Gasteiger partial charge is 0.331 e. The van der Waals surface area contributed by atoms with Crippen LogP contribution in [0, 0.1) is 13.8 Å². The van der Waals surface area contributed by atoms with E-state index in [0.29, 0.717) is 0 Å². The highest BCUT2D eigenvalue weighted by atomic mass is 16.5. The first-order valence-electron chi connectivity index (χ1n) is 8.68. The molecule has 26 heavy (non-hydrogen) atoms. The first kappa shape index (κ1) is 19.4. The third-order valence-electron chi connectivity index (χ3n) is 4.10. The van der Waals surface area contributed by atoms with Gasteiger partial charge in [-0.3, -0.25) is 4.79 Å². The van der Waals surface area contributed by atoms with Crippen LogP contribution in [0.25, 0.3) is 11.8 Å². The van der Waals surface area contributed by atoms with Crippen molar-refractivity contribution in [3.8, 4) is 5.69 Å². The number of carbonyl (C=O) groups is 2. The molecule has 0 bridgehead atoms. The van der Waals surface area contributed by atoms with Crippen LogP contribution in [0.1, 0.15) is 37.2 Å². The zero-order chi connectivity index (χ0) is 19.1. The van der Waals surface area contributed by atoms with E-state index in [9.17, 15) is 9.59 Å². The van der Waals surface area contributed by atoms with E-state index in [2.05, 4.69) is 10.4 Å². The van der Waals surface area contributed by atoms with Crippen molar-refractivity contribution in [1.29, 1.82) is 0 Å². The molecule has 6 nitrogen and oxygen atoms in total. The fourth-order valence-electron chi connectivity index (χ4n) is 2.47. The van der Waals surface area contributed by atoms with Gasteiger partial charge in [0.1, 0.15) is 0 Å². The summed E-state index contributed by atoms with van der Waals surface area (Å²) in [6.45, 7) is 7.42. The van der Waals surface area contributed by atoms with Crippen molar-refractivity contribution in [2.75, 3.05) is 6.61 Å². The molecule has 2 rings (SSSR count). The number of ether oxygens (including phenoxy) is 1. The molecule has 6 heteroatoms. The zero-order valence-corrected chi connectivity index (χ0v) is 15.7. The van der Waals surface area contributed by atoms with E-state index in [4.69, 9.17) is 4.74 Å². The molecule has 1 N–H and O–H groups in total. The molecule has 1 atom stereocenters. The molecule has 1 heterocycles. The predicted octanol–water partition coefficient (Wildman–Crippen LogP) is 2.96. The van der Waals surface area contributed by atoms with Crippen LogP contribution in [0.5, 0.6) is 0 Å². The number of aromatic nitrogens is 2. The van der Waals surface area contributed by atoms with Crippen LogP contribution in [0.4, 0.5) is 0 Å². The first-order valence-corrected chi connectivity index (χ1v) is 8.68. The maximum Gasteiger partial charge on any atom is 0.331 e. The van der Waals surface area contributed by atoms with Crippen molar-refractivity contribution >= 4 is 18.0 Å². The van der Waals surface area contributed by atoms with Gasteiger partial charge in [-0.15, -0.1) is 0 Å². The van der Waals surface area contributed by atoms with Gasteiger partial charge >= 0.3 is 5.97 Å². The molecule has 0 radical (unpaired) electrons. The van der Waals surface area contributed by atoms with E-state index >= 15 is 0 Å². The molecular formula is C20H25N3O3. The first-order chi connectivity index (χ1) is 12.4. The number of carbonyl (C=O) groups excluding carboxylic acids is 2. The number of amides is 1. The minimum atomic E-state index is -0.560. The van der Waals surface area contributed by atoms with E-state index in [0.717, 1.165) is 29.1 Å². The largest absolute Gasteiger partial charge is 0.452 e. The summed E-state index contributed by atoms with van der Waals surface area (Å²) in [6, 6.07) is 9.84. The van der Waals surface area contributed by atoms with Gasteiger partial charge in [0.15, 0.2) is 6.61 Å². The Balaban J connectivity index is 2.01. The summed E-state index contributed by atoms with van der Waals surface area (Å²) < 4.78 is 6.81. The number of hydrogen-bond acceptors (Lipinski definition) is 4. The quantitative estimate of drug-likeness (QED) is 0.612. The topological polar surface area (TPSA) is 73.2 Å². The number of esters is 1. The standard InChI is InChI=1S/C20H25N3O3/c1-5-14(2)21-19(24)13-26-20(25)12-11-18-15(3)22-23(16(18)4)17-9-7-6-8-10-17/h6-12,14H,5,13H2,1-4H3,(H,21,24)/b12-11+/t14-/m0/s1. The highest BCUT2D eigenvalue weighted by molar-refractivity contribution is 5.89. The Morgan fingerprint density at radius 1 is 1.27 bits per heavy atom. The van der Waals surface area contributed by atoms with E-state index in [1.54, 1.807) is 6.08 Å². The summed E-state index contributed by atoms with van der Waals surface area (Å²) in [5.41, 5.74) is 3.55. The van der Waals surface area contributed by atoms with E-state index in [-0.39, 0.29) is 18.6 Å². The Labute approximate surface area is 153 Å². The van der Waals surface area contributed by atoms with E-state index in [1.807, 2.05) is 62.7 Å². The molecule has 0 aliphatic heterocycles. The summed E-state index contributed by atoms with van der Waals surface area (Å²) in [5.74, 6) is -0.860. The molecule has 0 aliphatic rings. The summed E-state index contributed by atoms with van der Waals surface area (Å²) in [7, 11) is 0. The van der Waals surface area contributed by atoms with E-state index < -0.39 is 5.97 Å². The van der Waals surface area contributed by atoms with Gasteiger partial charge < -0.3 is 10.1 Å². The maximum atomic E-state index is 11.9. The number of benzene rings is 1. The van der Waals surface area contributed by atoms with Gasteiger partial charge in [0.2, 0.25) is 0 Å². The monoisotopic (exact) mass is 355 g/mol. The summed E-state index contributed by atoms with van der Waals surface area (Å²) >= 11 is 0. The lowest BCUT2D eigenvalue weighted by Crippen LogP contribution is -2.35.